The predicted octanol–water partition coefficient (Wildman–Crippen LogP) is 12.1. The predicted molar refractivity (Wildman–Crippen MR) is 232 cm³/mol. The van der Waals surface area contributed by atoms with Crippen LogP contribution in [-0.2, 0) is 0 Å². The smallest absolute Gasteiger partial charge is 0.335 e. The summed E-state index contributed by atoms with van der Waals surface area (Å²) < 4.78 is 0. The van der Waals surface area contributed by atoms with Crippen LogP contribution < -0.4 is 0 Å². The molecule has 8 aromatic carbocycles. The van der Waals surface area contributed by atoms with E-state index < -0.39 is 23.9 Å². The zero-order chi connectivity index (χ0) is 41.9. The number of carbonyl (C=O) groups is 4. The van der Waals surface area contributed by atoms with Crippen molar-refractivity contribution >= 4 is 23.9 Å². The zero-order valence-electron chi connectivity index (χ0n) is 31.7. The van der Waals surface area contributed by atoms with E-state index in [0.717, 1.165) is 77.9 Å². The summed E-state index contributed by atoms with van der Waals surface area (Å²) in [5.74, 6) is -4.05. The number of aromatic carboxylic acids is 4. The molecule has 8 aromatic rings. The lowest BCUT2D eigenvalue weighted by Gasteiger charge is -2.18. The molecule has 0 heterocycles. The summed E-state index contributed by atoms with van der Waals surface area (Å²) in [7, 11) is 0. The third-order valence-corrected chi connectivity index (χ3v) is 10.6. The minimum atomic E-state index is -1.01. The van der Waals surface area contributed by atoms with E-state index in [4.69, 9.17) is 0 Å². The van der Waals surface area contributed by atoms with E-state index in [2.05, 4.69) is 0 Å². The Morgan fingerprint density at radius 3 is 0.617 bits per heavy atom. The van der Waals surface area contributed by atoms with Crippen LogP contribution in [0.2, 0.25) is 0 Å². The van der Waals surface area contributed by atoms with Crippen LogP contribution in [0.5, 0.6) is 0 Å². The number of rotatable bonds is 11. The average molecular weight is 787 g/mol. The fraction of sp³-hybridized carbons (Fsp3) is 0. The van der Waals surface area contributed by atoms with Gasteiger partial charge in [0.2, 0.25) is 0 Å². The van der Waals surface area contributed by atoms with Crippen molar-refractivity contribution in [3.63, 3.8) is 0 Å². The fourth-order valence-electron chi connectivity index (χ4n) is 7.52. The third kappa shape index (κ3) is 7.68. The van der Waals surface area contributed by atoms with Crippen molar-refractivity contribution < 1.29 is 39.6 Å². The topological polar surface area (TPSA) is 149 Å². The number of benzene rings is 8. The van der Waals surface area contributed by atoms with Gasteiger partial charge in [0.1, 0.15) is 0 Å². The lowest BCUT2D eigenvalue weighted by Crippen LogP contribution is -1.97. The molecular formula is C52H34O8. The summed E-state index contributed by atoms with van der Waals surface area (Å²) >= 11 is 0. The minimum absolute atomic E-state index is 0.180. The van der Waals surface area contributed by atoms with E-state index in [1.54, 1.807) is 97.1 Å². The number of hydrogen-bond acceptors (Lipinski definition) is 4. The maximum atomic E-state index is 11.6. The molecule has 0 unspecified atom stereocenters. The van der Waals surface area contributed by atoms with Crippen LogP contribution in [0.1, 0.15) is 41.4 Å². The molecule has 0 aliphatic carbocycles. The van der Waals surface area contributed by atoms with Crippen LogP contribution in [-0.4, -0.2) is 44.3 Å². The summed E-state index contributed by atoms with van der Waals surface area (Å²) in [4.78, 5) is 46.5. The van der Waals surface area contributed by atoms with Gasteiger partial charge in [-0.15, -0.1) is 0 Å². The molecule has 0 spiro atoms. The second kappa shape index (κ2) is 16.2. The Morgan fingerprint density at radius 1 is 0.233 bits per heavy atom. The van der Waals surface area contributed by atoms with Gasteiger partial charge < -0.3 is 20.4 Å². The first-order chi connectivity index (χ1) is 29.0. The third-order valence-electron chi connectivity index (χ3n) is 10.6. The zero-order valence-corrected chi connectivity index (χ0v) is 31.7. The lowest BCUT2D eigenvalue weighted by atomic mass is 9.86. The SMILES string of the molecule is O=C(O)c1ccc(-c2cccc(-c3ccc(C(=O)O)cc3)c2-c2ccc(-c3ccc(-c4c(-c5ccc(C(=O)O)cc5)cccc4-c4ccc(C(=O)O)cc4)cc3)cc2)cc1. The van der Waals surface area contributed by atoms with Gasteiger partial charge in [0.05, 0.1) is 22.3 Å². The van der Waals surface area contributed by atoms with E-state index >= 15 is 0 Å². The van der Waals surface area contributed by atoms with Crippen molar-refractivity contribution in [3.05, 3.63) is 204 Å². The van der Waals surface area contributed by atoms with Crippen LogP contribution in [0.3, 0.4) is 0 Å². The van der Waals surface area contributed by atoms with E-state index in [1.807, 2.05) is 84.9 Å². The summed E-state index contributed by atoms with van der Waals surface area (Å²) in [6, 6.07) is 55.0. The molecule has 8 nitrogen and oxygen atoms in total. The molecular weight excluding hydrogens is 753 g/mol. The molecule has 290 valence electrons. The van der Waals surface area contributed by atoms with Crippen LogP contribution in [0.15, 0.2) is 182 Å². The molecule has 0 aromatic heterocycles. The summed E-state index contributed by atoms with van der Waals surface area (Å²) in [6.45, 7) is 0. The molecule has 0 fully saturated rings. The van der Waals surface area contributed by atoms with Crippen molar-refractivity contribution in [1.29, 1.82) is 0 Å². The molecule has 0 saturated heterocycles. The first-order valence-corrected chi connectivity index (χ1v) is 18.9. The van der Waals surface area contributed by atoms with Gasteiger partial charge >= 0.3 is 23.9 Å². The number of hydrogen-bond donors (Lipinski definition) is 4. The minimum Gasteiger partial charge on any atom is -0.478 e. The van der Waals surface area contributed by atoms with Gasteiger partial charge in [0, 0.05) is 0 Å². The van der Waals surface area contributed by atoms with Crippen LogP contribution in [0.4, 0.5) is 0 Å². The molecule has 0 amide bonds. The van der Waals surface area contributed by atoms with E-state index in [0.29, 0.717) is 0 Å². The Labute approximate surface area is 344 Å². The van der Waals surface area contributed by atoms with Crippen molar-refractivity contribution in [3.8, 4) is 77.9 Å². The van der Waals surface area contributed by atoms with Crippen molar-refractivity contribution in [2.45, 2.75) is 0 Å². The molecule has 8 heteroatoms. The Morgan fingerprint density at radius 2 is 0.417 bits per heavy atom. The van der Waals surface area contributed by atoms with Crippen LogP contribution in [0, 0.1) is 0 Å². The molecule has 0 saturated carbocycles. The largest absolute Gasteiger partial charge is 0.478 e. The highest BCUT2D eigenvalue weighted by molar-refractivity contribution is 5.99. The molecule has 0 radical (unpaired) electrons. The molecule has 60 heavy (non-hydrogen) atoms. The summed E-state index contributed by atoms with van der Waals surface area (Å²) in [6.07, 6.45) is 0. The average Bonchev–Trinajstić information content (AvgIpc) is 3.28. The lowest BCUT2D eigenvalue weighted by molar-refractivity contribution is 0.0686. The molecule has 4 N–H and O–H groups in total. The van der Waals surface area contributed by atoms with Gasteiger partial charge in [0.15, 0.2) is 0 Å². The molecule has 0 aliphatic rings. The Balaban J connectivity index is 1.19. The fourth-order valence-corrected chi connectivity index (χ4v) is 7.52. The standard InChI is InChI=1S/C52H34O8/c53-49(54)39-23-11-33(12-24-39)43-3-1-4-44(34-13-25-40(26-14-34)50(55)56)47(43)37-19-7-31(8-20-37)32-9-21-38(22-10-32)48-45(35-15-27-41(28-16-35)51(57)58)5-2-6-46(48)36-17-29-42(30-18-36)52(59)60/h1-30H,(H,53,54)(H,55,56)(H,57,58)(H,59,60). The van der Waals surface area contributed by atoms with Crippen LogP contribution >= 0.6 is 0 Å². The van der Waals surface area contributed by atoms with Gasteiger partial charge in [-0.3, -0.25) is 0 Å². The number of carboxylic acids is 4. The summed E-state index contributed by atoms with van der Waals surface area (Å²) in [5.41, 5.74) is 13.1. The molecule has 8 rings (SSSR count). The van der Waals surface area contributed by atoms with Crippen molar-refractivity contribution in [1.82, 2.24) is 0 Å². The first kappa shape index (κ1) is 38.5. The second-order valence-corrected chi connectivity index (χ2v) is 14.1. The van der Waals surface area contributed by atoms with Gasteiger partial charge in [-0.1, -0.05) is 133 Å². The van der Waals surface area contributed by atoms with Gasteiger partial charge in [0.25, 0.3) is 0 Å². The number of carboxylic acid groups (broad SMARTS) is 4. The molecule has 0 bridgehead atoms. The van der Waals surface area contributed by atoms with E-state index in [9.17, 15) is 39.6 Å². The van der Waals surface area contributed by atoms with Crippen molar-refractivity contribution in [2.75, 3.05) is 0 Å². The quantitative estimate of drug-likeness (QED) is 0.101. The highest BCUT2D eigenvalue weighted by Crippen LogP contribution is 2.43. The Kier molecular flexibility index (Phi) is 10.4. The van der Waals surface area contributed by atoms with Gasteiger partial charge in [-0.2, -0.15) is 0 Å². The summed E-state index contributed by atoms with van der Waals surface area (Å²) in [5, 5.41) is 38.1. The van der Waals surface area contributed by atoms with Crippen molar-refractivity contribution in [2.24, 2.45) is 0 Å². The normalized spacial score (nSPS) is 10.9. The molecule has 0 aliphatic heterocycles. The second-order valence-electron chi connectivity index (χ2n) is 14.1. The maximum absolute atomic E-state index is 11.6. The van der Waals surface area contributed by atoms with E-state index in [1.165, 1.54) is 0 Å². The Hall–Kier alpha value is -8.36. The highest BCUT2D eigenvalue weighted by Gasteiger charge is 2.18. The molecule has 0 atom stereocenters. The first-order valence-electron chi connectivity index (χ1n) is 18.9. The van der Waals surface area contributed by atoms with Gasteiger partial charge in [-0.25, -0.2) is 19.2 Å². The maximum Gasteiger partial charge on any atom is 0.335 e. The highest BCUT2D eigenvalue weighted by atomic mass is 16.4. The Bertz CT molecular complexity index is 2560. The van der Waals surface area contributed by atoms with Crippen LogP contribution in [0.25, 0.3) is 77.9 Å². The van der Waals surface area contributed by atoms with Gasteiger partial charge in [-0.05, 0) is 126 Å². The monoisotopic (exact) mass is 786 g/mol. The van der Waals surface area contributed by atoms with E-state index in [-0.39, 0.29) is 22.3 Å².